The highest BCUT2D eigenvalue weighted by atomic mass is 32.1. The summed E-state index contributed by atoms with van der Waals surface area (Å²) < 4.78 is 16.5. The number of nitrogens with one attached hydrogen (secondary N) is 1. The number of ether oxygens (including phenoxy) is 3. The molecule has 0 spiro atoms. The molecule has 0 fully saturated rings. The third-order valence-corrected chi connectivity index (χ3v) is 6.55. The largest absolute Gasteiger partial charge is 0.496 e. The highest BCUT2D eigenvalue weighted by Crippen LogP contribution is 2.41. The molecular weight excluding hydrogens is 452 g/mol. The average molecular weight is 479 g/mol. The SMILES string of the molecule is COc1cc(OC)c(C2=CCN(C(=O)c3ccccc3NC(=O)c3cccs3)CC2)c(OC)c1. The Hall–Kier alpha value is -3.78. The molecule has 3 aromatic rings. The molecule has 0 radical (unpaired) electrons. The second-order valence-electron chi connectivity index (χ2n) is 7.61. The Bertz CT molecular complexity index is 1190. The van der Waals surface area contributed by atoms with Crippen LogP contribution in [0.1, 0.15) is 32.0 Å². The van der Waals surface area contributed by atoms with Gasteiger partial charge in [0.15, 0.2) is 0 Å². The number of anilines is 1. The van der Waals surface area contributed by atoms with Gasteiger partial charge in [-0.15, -0.1) is 11.3 Å². The molecule has 0 aliphatic carbocycles. The molecule has 1 N–H and O–H groups in total. The number of carbonyl (C=O) groups is 2. The highest BCUT2D eigenvalue weighted by Gasteiger charge is 2.25. The molecule has 0 saturated heterocycles. The van der Waals surface area contributed by atoms with Crippen LogP contribution in [0, 0.1) is 0 Å². The summed E-state index contributed by atoms with van der Waals surface area (Å²) in [6.45, 7) is 0.954. The van der Waals surface area contributed by atoms with E-state index in [1.807, 2.05) is 29.7 Å². The van der Waals surface area contributed by atoms with Crippen LogP contribution in [0.2, 0.25) is 0 Å². The van der Waals surface area contributed by atoms with Crippen LogP contribution in [0.5, 0.6) is 17.2 Å². The van der Waals surface area contributed by atoms with Crippen molar-refractivity contribution < 1.29 is 23.8 Å². The fourth-order valence-electron chi connectivity index (χ4n) is 3.94. The molecule has 1 aliphatic rings. The van der Waals surface area contributed by atoms with E-state index in [1.54, 1.807) is 56.6 Å². The van der Waals surface area contributed by atoms with Gasteiger partial charge in [0, 0.05) is 25.2 Å². The number of hydrogen-bond donors (Lipinski definition) is 1. The third kappa shape index (κ3) is 4.77. The molecule has 176 valence electrons. The van der Waals surface area contributed by atoms with Gasteiger partial charge >= 0.3 is 0 Å². The molecular formula is C26H26N2O5S. The topological polar surface area (TPSA) is 77.1 Å². The van der Waals surface area contributed by atoms with Crippen LogP contribution >= 0.6 is 11.3 Å². The minimum absolute atomic E-state index is 0.133. The van der Waals surface area contributed by atoms with E-state index in [4.69, 9.17) is 14.2 Å². The zero-order valence-electron chi connectivity index (χ0n) is 19.3. The molecule has 2 heterocycles. The monoisotopic (exact) mass is 478 g/mol. The van der Waals surface area contributed by atoms with E-state index in [-0.39, 0.29) is 11.8 Å². The highest BCUT2D eigenvalue weighted by molar-refractivity contribution is 7.12. The molecule has 1 aromatic heterocycles. The minimum Gasteiger partial charge on any atom is -0.496 e. The maximum Gasteiger partial charge on any atom is 0.265 e. The molecule has 8 heteroatoms. The normalized spacial score (nSPS) is 13.1. The molecule has 0 unspecified atom stereocenters. The van der Waals surface area contributed by atoms with Crippen molar-refractivity contribution in [1.29, 1.82) is 0 Å². The van der Waals surface area contributed by atoms with Gasteiger partial charge in [0.1, 0.15) is 17.2 Å². The van der Waals surface area contributed by atoms with Crippen LogP contribution in [-0.4, -0.2) is 51.1 Å². The van der Waals surface area contributed by atoms with Gasteiger partial charge in [-0.2, -0.15) is 0 Å². The first-order valence-corrected chi connectivity index (χ1v) is 11.7. The number of carbonyl (C=O) groups excluding carboxylic acids is 2. The minimum atomic E-state index is -0.227. The Morgan fingerprint density at radius 2 is 1.71 bits per heavy atom. The molecule has 0 atom stereocenters. The van der Waals surface area contributed by atoms with Crippen molar-refractivity contribution >= 4 is 34.4 Å². The molecule has 7 nitrogen and oxygen atoms in total. The van der Waals surface area contributed by atoms with E-state index in [0.29, 0.717) is 52.9 Å². The average Bonchev–Trinajstić information content (AvgIpc) is 3.43. The van der Waals surface area contributed by atoms with Gasteiger partial charge in [0.2, 0.25) is 0 Å². The number of para-hydroxylation sites is 1. The number of benzene rings is 2. The van der Waals surface area contributed by atoms with Crippen molar-refractivity contribution in [3.63, 3.8) is 0 Å². The summed E-state index contributed by atoms with van der Waals surface area (Å²) in [4.78, 5) is 28.2. The number of nitrogens with zero attached hydrogens (tertiary/aromatic N) is 1. The van der Waals surface area contributed by atoms with Crippen molar-refractivity contribution in [2.45, 2.75) is 6.42 Å². The van der Waals surface area contributed by atoms with Crippen molar-refractivity contribution in [2.24, 2.45) is 0 Å². The fraction of sp³-hybridized carbons (Fsp3) is 0.231. The lowest BCUT2D eigenvalue weighted by molar-refractivity contribution is 0.0774. The van der Waals surface area contributed by atoms with Crippen LogP contribution in [0.3, 0.4) is 0 Å². The van der Waals surface area contributed by atoms with Gasteiger partial charge in [-0.3, -0.25) is 9.59 Å². The second-order valence-corrected chi connectivity index (χ2v) is 8.56. The number of hydrogen-bond acceptors (Lipinski definition) is 6. The molecule has 34 heavy (non-hydrogen) atoms. The fourth-order valence-corrected chi connectivity index (χ4v) is 4.56. The van der Waals surface area contributed by atoms with E-state index in [9.17, 15) is 9.59 Å². The molecule has 2 aromatic carbocycles. The third-order valence-electron chi connectivity index (χ3n) is 5.68. The smallest absolute Gasteiger partial charge is 0.265 e. The lowest BCUT2D eigenvalue weighted by atomic mass is 9.96. The van der Waals surface area contributed by atoms with Crippen molar-refractivity contribution in [3.05, 3.63) is 76.0 Å². The Labute approximate surface area is 202 Å². The quantitative estimate of drug-likeness (QED) is 0.520. The Balaban J connectivity index is 1.55. The summed E-state index contributed by atoms with van der Waals surface area (Å²) in [7, 11) is 4.81. The van der Waals surface area contributed by atoms with Crippen LogP contribution < -0.4 is 19.5 Å². The van der Waals surface area contributed by atoms with Crippen LogP contribution in [0.4, 0.5) is 5.69 Å². The first-order chi connectivity index (χ1) is 16.5. The molecule has 0 saturated carbocycles. The van der Waals surface area contributed by atoms with Gasteiger partial charge in [0.05, 0.1) is 43.0 Å². The summed E-state index contributed by atoms with van der Waals surface area (Å²) >= 11 is 1.36. The standard InChI is InChI=1S/C26H26N2O5S/c1-31-18-15-21(32-2)24(22(16-18)33-3)17-10-12-28(13-11-17)26(30)19-7-4-5-8-20(19)27-25(29)23-9-6-14-34-23/h4-10,14-16H,11-13H2,1-3H3,(H,27,29). The number of thiophene rings is 1. The van der Waals surface area contributed by atoms with E-state index in [2.05, 4.69) is 5.32 Å². The molecule has 1 aliphatic heterocycles. The Morgan fingerprint density at radius 1 is 0.971 bits per heavy atom. The summed E-state index contributed by atoms with van der Waals surface area (Å²) in [6, 6.07) is 14.3. The van der Waals surface area contributed by atoms with E-state index < -0.39 is 0 Å². The maximum atomic E-state index is 13.3. The van der Waals surface area contributed by atoms with Crippen LogP contribution in [0.15, 0.2) is 60.0 Å². The maximum absolute atomic E-state index is 13.3. The lowest BCUT2D eigenvalue weighted by Crippen LogP contribution is -2.35. The first-order valence-electron chi connectivity index (χ1n) is 10.8. The van der Waals surface area contributed by atoms with E-state index >= 15 is 0 Å². The second kappa shape index (κ2) is 10.4. The summed E-state index contributed by atoms with van der Waals surface area (Å²) in [5.41, 5.74) is 2.87. The number of amides is 2. The summed E-state index contributed by atoms with van der Waals surface area (Å²) in [5, 5.41) is 4.72. The predicted molar refractivity (Wildman–Crippen MR) is 133 cm³/mol. The molecule has 4 rings (SSSR count). The zero-order valence-corrected chi connectivity index (χ0v) is 20.1. The zero-order chi connectivity index (χ0) is 24.1. The van der Waals surface area contributed by atoms with Crippen molar-refractivity contribution in [3.8, 4) is 17.2 Å². The molecule has 0 bridgehead atoms. The van der Waals surface area contributed by atoms with E-state index in [1.165, 1.54) is 11.3 Å². The summed E-state index contributed by atoms with van der Waals surface area (Å²) in [5.74, 6) is 1.60. The van der Waals surface area contributed by atoms with Crippen molar-refractivity contribution in [1.82, 2.24) is 4.90 Å². The van der Waals surface area contributed by atoms with Gasteiger partial charge in [-0.1, -0.05) is 24.3 Å². The summed E-state index contributed by atoms with van der Waals surface area (Å²) in [6.07, 6.45) is 2.65. The molecule has 2 amide bonds. The van der Waals surface area contributed by atoms with Gasteiger partial charge in [-0.05, 0) is 35.6 Å². The van der Waals surface area contributed by atoms with Crippen LogP contribution in [-0.2, 0) is 0 Å². The predicted octanol–water partition coefficient (Wildman–Crippen LogP) is 4.96. The Kier molecular flexibility index (Phi) is 7.18. The van der Waals surface area contributed by atoms with Gasteiger partial charge in [-0.25, -0.2) is 0 Å². The first kappa shape index (κ1) is 23.4. The number of methoxy groups -OCH3 is 3. The van der Waals surface area contributed by atoms with Gasteiger partial charge < -0.3 is 24.4 Å². The Morgan fingerprint density at radius 3 is 2.29 bits per heavy atom. The number of rotatable bonds is 7. The van der Waals surface area contributed by atoms with Crippen LogP contribution in [0.25, 0.3) is 5.57 Å². The lowest BCUT2D eigenvalue weighted by Gasteiger charge is -2.28. The van der Waals surface area contributed by atoms with Gasteiger partial charge in [0.25, 0.3) is 11.8 Å². The van der Waals surface area contributed by atoms with Crippen molar-refractivity contribution in [2.75, 3.05) is 39.7 Å². The van der Waals surface area contributed by atoms with E-state index in [0.717, 1.165) is 11.1 Å².